The zero-order chi connectivity index (χ0) is 23.9. The van der Waals surface area contributed by atoms with Crippen LogP contribution in [0.4, 0.5) is 21.9 Å². The number of ether oxygens (including phenoxy) is 1. The summed E-state index contributed by atoms with van der Waals surface area (Å²) in [5, 5.41) is 11.8. The molecule has 2 aliphatic rings. The van der Waals surface area contributed by atoms with E-state index in [1.165, 1.54) is 24.3 Å². The largest absolute Gasteiger partial charge is 0.444 e. The number of rotatable bonds is 3. The summed E-state index contributed by atoms with van der Waals surface area (Å²) in [6, 6.07) is 10.8. The Morgan fingerprint density at radius 3 is 2.06 bits per heavy atom. The van der Waals surface area contributed by atoms with E-state index in [1.54, 1.807) is 43.9 Å². The highest BCUT2D eigenvalue weighted by atomic mass is 16.6. The highest BCUT2D eigenvalue weighted by Crippen LogP contribution is 2.37. The minimum atomic E-state index is -0.598. The molecule has 2 aliphatic heterocycles. The second-order valence-corrected chi connectivity index (χ2v) is 8.88. The van der Waals surface area contributed by atoms with Crippen molar-refractivity contribution in [3.8, 4) is 0 Å². The first-order chi connectivity index (χ1) is 15.6. The van der Waals surface area contributed by atoms with Gasteiger partial charge in [-0.1, -0.05) is 12.1 Å². The molecule has 0 N–H and O–H groups in total. The zero-order valence-electron chi connectivity index (χ0n) is 18.6. The van der Waals surface area contributed by atoms with Crippen molar-refractivity contribution in [3.63, 3.8) is 0 Å². The molecule has 33 heavy (non-hydrogen) atoms. The number of imide groups is 1. The van der Waals surface area contributed by atoms with Gasteiger partial charge < -0.3 is 14.5 Å². The van der Waals surface area contributed by atoms with Crippen LogP contribution in [0.25, 0.3) is 0 Å². The van der Waals surface area contributed by atoms with Gasteiger partial charge in [-0.3, -0.25) is 19.7 Å². The SMILES string of the molecule is CC(C)(C)OC(=O)N1CCN(c2ccc(N3C(=O)c4ccccc4C3=O)c([N+](=O)[O-])c2)CC1. The van der Waals surface area contributed by atoms with Crippen molar-refractivity contribution in [2.45, 2.75) is 26.4 Å². The standard InChI is InChI=1S/C23H24N4O6/c1-23(2,3)33-22(30)25-12-10-24(11-13-25)15-8-9-18(19(14-15)27(31)32)26-20(28)16-6-4-5-7-17(16)21(26)29/h4-9,14H,10-13H2,1-3H3. The average Bonchev–Trinajstić information content (AvgIpc) is 3.02. The predicted octanol–water partition coefficient (Wildman–Crippen LogP) is 3.45. The Balaban J connectivity index is 1.55. The van der Waals surface area contributed by atoms with E-state index in [1.807, 2.05) is 4.90 Å². The quantitative estimate of drug-likeness (QED) is 0.398. The lowest BCUT2D eigenvalue weighted by Gasteiger charge is -2.36. The molecule has 10 nitrogen and oxygen atoms in total. The number of hydrogen-bond donors (Lipinski definition) is 0. The van der Waals surface area contributed by atoms with E-state index in [0.717, 1.165) is 4.90 Å². The molecule has 2 aromatic rings. The fourth-order valence-electron chi connectivity index (χ4n) is 3.93. The summed E-state index contributed by atoms with van der Waals surface area (Å²) in [5.41, 5.74) is 0.0254. The van der Waals surface area contributed by atoms with Gasteiger partial charge in [-0.05, 0) is 45.0 Å². The topological polar surface area (TPSA) is 113 Å². The number of amides is 3. The van der Waals surface area contributed by atoms with Gasteiger partial charge in [0.05, 0.1) is 16.1 Å². The van der Waals surface area contributed by atoms with Crippen LogP contribution in [0.1, 0.15) is 41.5 Å². The molecule has 0 unspecified atom stereocenters. The Kier molecular flexibility index (Phi) is 5.52. The van der Waals surface area contributed by atoms with Crippen LogP contribution in [-0.2, 0) is 4.74 Å². The van der Waals surface area contributed by atoms with Crippen LogP contribution < -0.4 is 9.80 Å². The third-order valence-electron chi connectivity index (χ3n) is 5.49. The predicted molar refractivity (Wildman–Crippen MR) is 121 cm³/mol. The molecule has 3 amide bonds. The lowest BCUT2D eigenvalue weighted by Crippen LogP contribution is -2.50. The normalized spacial score (nSPS) is 16.2. The van der Waals surface area contributed by atoms with Crippen LogP contribution in [0.15, 0.2) is 42.5 Å². The number of carbonyl (C=O) groups excluding carboxylic acids is 3. The molecular weight excluding hydrogens is 428 g/mol. The zero-order valence-corrected chi connectivity index (χ0v) is 18.6. The van der Waals surface area contributed by atoms with Gasteiger partial charge in [0.15, 0.2) is 0 Å². The molecule has 0 saturated carbocycles. The maximum absolute atomic E-state index is 12.8. The van der Waals surface area contributed by atoms with Crippen LogP contribution >= 0.6 is 0 Å². The van der Waals surface area contributed by atoms with Crippen molar-refractivity contribution in [2.24, 2.45) is 0 Å². The number of nitrogens with zero attached hydrogens (tertiary/aromatic N) is 4. The molecule has 1 fully saturated rings. The van der Waals surface area contributed by atoms with Crippen molar-refractivity contribution >= 4 is 35.0 Å². The molecule has 1 saturated heterocycles. The number of anilines is 2. The molecule has 10 heteroatoms. The van der Waals surface area contributed by atoms with E-state index in [9.17, 15) is 24.5 Å². The van der Waals surface area contributed by atoms with Crippen molar-refractivity contribution in [1.82, 2.24) is 4.90 Å². The number of fused-ring (bicyclic) bond motifs is 1. The van der Waals surface area contributed by atoms with E-state index in [2.05, 4.69) is 0 Å². The molecule has 0 aliphatic carbocycles. The van der Waals surface area contributed by atoms with Crippen molar-refractivity contribution in [1.29, 1.82) is 0 Å². The number of piperazine rings is 1. The van der Waals surface area contributed by atoms with Gasteiger partial charge >= 0.3 is 6.09 Å². The minimum Gasteiger partial charge on any atom is -0.444 e. The highest BCUT2D eigenvalue weighted by molar-refractivity contribution is 6.35. The summed E-state index contributed by atoms with van der Waals surface area (Å²) in [4.78, 5) is 53.5. The Morgan fingerprint density at radius 2 is 1.55 bits per heavy atom. The van der Waals surface area contributed by atoms with Gasteiger partial charge in [0, 0.05) is 37.9 Å². The second-order valence-electron chi connectivity index (χ2n) is 8.88. The van der Waals surface area contributed by atoms with Crippen molar-refractivity contribution in [2.75, 3.05) is 36.0 Å². The lowest BCUT2D eigenvalue weighted by atomic mass is 10.1. The van der Waals surface area contributed by atoms with E-state index in [4.69, 9.17) is 4.74 Å². The summed E-state index contributed by atoms with van der Waals surface area (Å²) in [6.07, 6.45) is -0.394. The van der Waals surface area contributed by atoms with Gasteiger partial charge in [-0.15, -0.1) is 0 Å². The molecule has 0 bridgehead atoms. The van der Waals surface area contributed by atoms with Crippen molar-refractivity contribution in [3.05, 3.63) is 63.7 Å². The smallest absolute Gasteiger partial charge is 0.410 e. The Morgan fingerprint density at radius 1 is 0.970 bits per heavy atom. The Hall–Kier alpha value is -3.95. The van der Waals surface area contributed by atoms with E-state index >= 15 is 0 Å². The Labute approximate surface area is 190 Å². The maximum atomic E-state index is 12.8. The summed E-state index contributed by atoms with van der Waals surface area (Å²) < 4.78 is 5.40. The number of nitro groups is 1. The lowest BCUT2D eigenvalue weighted by molar-refractivity contribution is -0.384. The highest BCUT2D eigenvalue weighted by Gasteiger charge is 2.39. The maximum Gasteiger partial charge on any atom is 0.410 e. The van der Waals surface area contributed by atoms with E-state index < -0.39 is 28.4 Å². The van der Waals surface area contributed by atoms with Crippen molar-refractivity contribution < 1.29 is 24.0 Å². The van der Waals surface area contributed by atoms with Gasteiger partial charge in [0.25, 0.3) is 17.5 Å². The van der Waals surface area contributed by atoms with E-state index in [0.29, 0.717) is 31.9 Å². The minimum absolute atomic E-state index is 0.0673. The van der Waals surface area contributed by atoms with Gasteiger partial charge in [0.2, 0.25) is 0 Å². The number of carbonyl (C=O) groups is 3. The molecule has 0 spiro atoms. The third kappa shape index (κ3) is 4.23. The summed E-state index contributed by atoms with van der Waals surface area (Å²) in [5.74, 6) is -1.17. The average molecular weight is 452 g/mol. The molecule has 0 atom stereocenters. The molecular formula is C23H24N4O6. The third-order valence-corrected chi connectivity index (χ3v) is 5.49. The monoisotopic (exact) mass is 452 g/mol. The first-order valence-corrected chi connectivity index (χ1v) is 10.6. The Bertz CT molecular complexity index is 1110. The summed E-state index contributed by atoms with van der Waals surface area (Å²) in [6.45, 7) is 7.14. The van der Waals surface area contributed by atoms with Crippen LogP contribution in [0.2, 0.25) is 0 Å². The molecule has 172 valence electrons. The van der Waals surface area contributed by atoms with Gasteiger partial charge in [-0.25, -0.2) is 9.69 Å². The van der Waals surface area contributed by atoms with Crippen LogP contribution in [0.3, 0.4) is 0 Å². The van der Waals surface area contributed by atoms with Gasteiger partial charge in [-0.2, -0.15) is 0 Å². The van der Waals surface area contributed by atoms with Crippen LogP contribution in [0, 0.1) is 10.1 Å². The second kappa shape index (κ2) is 8.19. The molecule has 0 aromatic heterocycles. The fraction of sp³-hybridized carbons (Fsp3) is 0.348. The first kappa shape index (κ1) is 22.3. The fourth-order valence-corrected chi connectivity index (χ4v) is 3.93. The molecule has 4 rings (SSSR count). The molecule has 2 aromatic carbocycles. The number of hydrogen-bond acceptors (Lipinski definition) is 7. The molecule has 0 radical (unpaired) electrons. The first-order valence-electron chi connectivity index (χ1n) is 10.6. The molecule has 2 heterocycles. The van der Waals surface area contributed by atoms with E-state index in [-0.39, 0.29) is 22.5 Å². The number of nitro benzene ring substituents is 1. The summed E-state index contributed by atoms with van der Waals surface area (Å²) >= 11 is 0. The number of benzene rings is 2. The summed E-state index contributed by atoms with van der Waals surface area (Å²) in [7, 11) is 0. The van der Waals surface area contributed by atoms with Gasteiger partial charge in [0.1, 0.15) is 11.3 Å². The van der Waals surface area contributed by atoms with Crippen LogP contribution in [-0.4, -0.2) is 59.5 Å². The van der Waals surface area contributed by atoms with Crippen LogP contribution in [0.5, 0.6) is 0 Å².